The Kier molecular flexibility index (Phi) is 14.0. The van der Waals surface area contributed by atoms with Crippen molar-refractivity contribution in [2.45, 2.75) is 116 Å². The fraction of sp³-hybridized carbons (Fsp3) is 0.500. The summed E-state index contributed by atoms with van der Waals surface area (Å²) in [6.07, 6.45) is -4.84. The molecule has 4 aliphatic rings. The number of halogens is 6. The van der Waals surface area contributed by atoms with Gasteiger partial charge >= 0.3 is 18.3 Å². The van der Waals surface area contributed by atoms with Gasteiger partial charge in [0.2, 0.25) is 5.88 Å². The van der Waals surface area contributed by atoms with Crippen LogP contribution in [0.25, 0.3) is 22.2 Å². The number of morpholine rings is 1. The topological polar surface area (TPSA) is 124 Å². The molecule has 0 unspecified atom stereocenters. The van der Waals surface area contributed by atoms with Crippen LogP contribution >= 0.6 is 0 Å². The Labute approximate surface area is 414 Å². The fourth-order valence-electron chi connectivity index (χ4n) is 10.7. The number of carbonyl (C=O) groups is 1. The highest BCUT2D eigenvalue weighted by atomic mass is 19.4. The van der Waals surface area contributed by atoms with Crippen molar-refractivity contribution in [1.82, 2.24) is 24.8 Å². The number of pyridine rings is 1. The minimum atomic E-state index is -5.42. The number of carbonyl (C=O) groups excluding carboxylic acids is 1. The summed E-state index contributed by atoms with van der Waals surface area (Å²) >= 11 is 0. The second-order valence-corrected chi connectivity index (χ2v) is 19.7. The molecule has 20 heteroatoms. The van der Waals surface area contributed by atoms with Gasteiger partial charge in [-0.05, 0) is 94.8 Å². The Bertz CT molecular complexity index is 2770. The van der Waals surface area contributed by atoms with E-state index in [0.29, 0.717) is 48.8 Å². The van der Waals surface area contributed by atoms with Gasteiger partial charge in [-0.25, -0.2) is 22.9 Å². The summed E-state index contributed by atoms with van der Waals surface area (Å²) in [7, 11) is 2.96. The van der Waals surface area contributed by atoms with Crippen molar-refractivity contribution in [2.75, 3.05) is 63.5 Å². The minimum Gasteiger partial charge on any atom is -0.497 e. The van der Waals surface area contributed by atoms with E-state index in [1.165, 1.54) is 19.1 Å². The molecule has 0 radical (unpaired) electrons. The molecule has 9 rings (SSSR count). The Morgan fingerprint density at radius 1 is 0.861 bits per heavy atom. The molecular weight excluding hydrogens is 949 g/mol. The summed E-state index contributed by atoms with van der Waals surface area (Å²) in [5.41, 5.74) is -6.35. The summed E-state index contributed by atoms with van der Waals surface area (Å²) < 4.78 is 135. The molecular formula is C52H59F6N7O7. The number of piperazine rings is 1. The lowest BCUT2D eigenvalue weighted by Crippen LogP contribution is -2.65. The van der Waals surface area contributed by atoms with Crippen molar-refractivity contribution in [2.24, 2.45) is 0 Å². The highest BCUT2D eigenvalue weighted by molar-refractivity contribution is 5.98. The number of alkyl halides is 3. The van der Waals surface area contributed by atoms with Crippen LogP contribution < -0.4 is 28.7 Å². The zero-order chi connectivity index (χ0) is 51.4. The zero-order valence-corrected chi connectivity index (χ0v) is 41.5. The first-order valence-corrected chi connectivity index (χ1v) is 24.2. The number of amides is 1. The van der Waals surface area contributed by atoms with Gasteiger partial charge in [-0.3, -0.25) is 4.90 Å². The third-order valence-corrected chi connectivity index (χ3v) is 14.0. The van der Waals surface area contributed by atoms with Gasteiger partial charge in [-0.2, -0.15) is 23.1 Å². The van der Waals surface area contributed by atoms with Gasteiger partial charge in [0, 0.05) is 44.8 Å². The number of hydrogen-bond donors (Lipinski definition) is 0. The lowest BCUT2D eigenvalue weighted by molar-refractivity contribution is -0.137. The molecule has 5 aromatic rings. The maximum atomic E-state index is 18.1. The summed E-state index contributed by atoms with van der Waals surface area (Å²) in [6.45, 7) is 11.5. The number of aromatic nitrogens is 3. The number of rotatable bonds is 12. The Morgan fingerprint density at radius 3 is 2.11 bits per heavy atom. The molecule has 0 bridgehead atoms. The van der Waals surface area contributed by atoms with Crippen LogP contribution in [-0.4, -0.2) is 120 Å². The summed E-state index contributed by atoms with van der Waals surface area (Å²) in [4.78, 5) is 34.6. The average Bonchev–Trinajstić information content (AvgIpc) is 3.72. The van der Waals surface area contributed by atoms with Crippen LogP contribution in [-0.2, 0) is 28.7 Å². The van der Waals surface area contributed by atoms with Crippen molar-refractivity contribution in [3.63, 3.8) is 0 Å². The third-order valence-electron chi connectivity index (χ3n) is 14.0. The van der Waals surface area contributed by atoms with Gasteiger partial charge in [0.15, 0.2) is 17.5 Å². The van der Waals surface area contributed by atoms with Gasteiger partial charge < -0.3 is 43.1 Å². The summed E-state index contributed by atoms with van der Waals surface area (Å²) in [6, 6.07) is 11.8. The molecule has 0 aliphatic carbocycles. The molecule has 1 amide bonds. The van der Waals surface area contributed by atoms with E-state index in [9.17, 15) is 4.79 Å². The van der Waals surface area contributed by atoms with Crippen molar-refractivity contribution in [1.29, 1.82) is 0 Å². The molecule has 72 heavy (non-hydrogen) atoms. The van der Waals surface area contributed by atoms with E-state index in [-0.39, 0.29) is 68.0 Å². The monoisotopic (exact) mass is 1010 g/mol. The van der Waals surface area contributed by atoms with Gasteiger partial charge in [-0.1, -0.05) is 31.2 Å². The van der Waals surface area contributed by atoms with Crippen LogP contribution in [0.5, 0.6) is 23.4 Å². The van der Waals surface area contributed by atoms with E-state index in [1.54, 1.807) is 81.1 Å². The van der Waals surface area contributed by atoms with E-state index < -0.39 is 87.1 Å². The van der Waals surface area contributed by atoms with Crippen LogP contribution in [0.2, 0.25) is 0 Å². The van der Waals surface area contributed by atoms with Crippen LogP contribution in [0.1, 0.15) is 76.1 Å². The first-order valence-electron chi connectivity index (χ1n) is 24.2. The van der Waals surface area contributed by atoms with E-state index >= 15 is 26.3 Å². The molecule has 0 saturated carbocycles. The van der Waals surface area contributed by atoms with Crippen LogP contribution in [0, 0.1) is 24.4 Å². The van der Waals surface area contributed by atoms with E-state index in [4.69, 9.17) is 33.4 Å². The number of hydrogen-bond acceptors (Lipinski definition) is 13. The second-order valence-electron chi connectivity index (χ2n) is 19.7. The molecule has 386 valence electrons. The predicted molar refractivity (Wildman–Crippen MR) is 256 cm³/mol. The Hall–Kier alpha value is -6.28. The standard InChI is InChI=1S/C52H59F6N7O7/c1-9-36-45-29(3)71-48-38-44(60-49(70-27-33-15-14-32-26-69-23-22-63(32)33)61-47(38)65(45)21-20-64(36)50(66)72-51(4,5)6)42(55)43(59-48)37-39(52(56,57)58)28(2)40(53)46(41(37)54)62(24-30-10-16-34(67-7)17-11-30)25-31-12-18-35(68-8)19-13-31/h10-13,16-19,29,32-33,36,45H,9,14-15,20-27H2,1-8H3/t29-,32-,33-,36-,45+/m0/s1. The van der Waals surface area contributed by atoms with E-state index in [0.717, 1.165) is 19.8 Å². The average molecular weight is 1010 g/mol. The van der Waals surface area contributed by atoms with Gasteiger partial charge in [0.05, 0.1) is 50.6 Å². The zero-order valence-electron chi connectivity index (χ0n) is 41.5. The maximum Gasteiger partial charge on any atom is 0.417 e. The number of anilines is 2. The Balaban J connectivity index is 1.23. The van der Waals surface area contributed by atoms with Gasteiger partial charge in [-0.15, -0.1) is 0 Å². The number of ether oxygens (including phenoxy) is 6. The normalized spacial score (nSPS) is 21.2. The first-order chi connectivity index (χ1) is 34.3. The first kappa shape index (κ1) is 50.7. The van der Waals surface area contributed by atoms with Crippen LogP contribution in [0.15, 0.2) is 48.5 Å². The smallest absolute Gasteiger partial charge is 0.417 e. The number of nitrogens with zero attached hydrogens (tertiary/aromatic N) is 7. The molecule has 14 nitrogen and oxygen atoms in total. The minimum absolute atomic E-state index is 0.0634. The molecule has 2 aromatic heterocycles. The summed E-state index contributed by atoms with van der Waals surface area (Å²) in [5, 5.41) is -0.0960. The molecule has 5 atom stereocenters. The molecule has 0 N–H and O–H groups in total. The molecule has 0 spiro atoms. The van der Waals surface area contributed by atoms with Crippen molar-refractivity contribution in [3.05, 3.63) is 88.2 Å². The van der Waals surface area contributed by atoms with Gasteiger partial charge in [0.1, 0.15) is 57.9 Å². The van der Waals surface area contributed by atoms with E-state index in [2.05, 4.69) is 14.9 Å². The second kappa shape index (κ2) is 20.0. The molecule has 4 aliphatic heterocycles. The lowest BCUT2D eigenvalue weighted by atomic mass is 9.94. The van der Waals surface area contributed by atoms with Crippen molar-refractivity contribution >= 4 is 28.5 Å². The van der Waals surface area contributed by atoms with E-state index in [1.807, 2.05) is 11.8 Å². The number of methoxy groups -OCH3 is 2. The highest BCUT2D eigenvalue weighted by Crippen LogP contribution is 2.49. The van der Waals surface area contributed by atoms with Crippen LogP contribution in [0.3, 0.4) is 0 Å². The van der Waals surface area contributed by atoms with Crippen molar-refractivity contribution < 1.29 is 59.6 Å². The maximum absolute atomic E-state index is 18.1. The fourth-order valence-corrected chi connectivity index (χ4v) is 10.7. The van der Waals surface area contributed by atoms with Crippen LogP contribution in [0.4, 0.5) is 42.6 Å². The number of fused-ring (bicyclic) bond motifs is 3. The van der Waals surface area contributed by atoms with Crippen molar-refractivity contribution in [3.8, 4) is 34.6 Å². The van der Waals surface area contributed by atoms with Gasteiger partial charge in [0.25, 0.3) is 0 Å². The Morgan fingerprint density at radius 2 is 1.51 bits per heavy atom. The summed E-state index contributed by atoms with van der Waals surface area (Å²) in [5.74, 6) is -3.93. The number of benzene rings is 3. The largest absolute Gasteiger partial charge is 0.497 e. The molecule has 3 fully saturated rings. The molecule has 3 saturated heterocycles. The molecule has 6 heterocycles. The lowest BCUT2D eigenvalue weighted by Gasteiger charge is -2.48. The SMILES string of the molecule is CC[C@H]1[C@H]2[C@H](C)Oc3nc(-c4c(F)c(N(Cc5ccc(OC)cc5)Cc5ccc(OC)cc5)c(F)c(C)c4C(F)(F)F)c(F)c4nc(OC[C@@H]5CC[C@H]6COCCN65)nc(c34)N2CCN1C(=O)OC(C)(C)C. The predicted octanol–water partition coefficient (Wildman–Crippen LogP) is 9.89. The highest BCUT2D eigenvalue weighted by Gasteiger charge is 2.48. The quantitative estimate of drug-likeness (QED) is 0.110. The third kappa shape index (κ3) is 9.70. The molecule has 3 aromatic carbocycles.